The number of hydrogen-bond acceptors (Lipinski definition) is 10. The number of thioether (sulfide) groups is 1. The Morgan fingerprint density at radius 1 is 1.09 bits per heavy atom. The summed E-state index contributed by atoms with van der Waals surface area (Å²) in [4.78, 5) is 33.3. The molecule has 1 rings (SSSR count). The Hall–Kier alpha value is -1.78. The fourth-order valence-corrected chi connectivity index (χ4v) is 1.86. The van der Waals surface area contributed by atoms with Gasteiger partial charge in [-0.1, -0.05) is 6.58 Å². The highest BCUT2D eigenvalue weighted by Gasteiger charge is 2.19. The minimum atomic E-state index is -0.914. The molecule has 130 valence electrons. The van der Waals surface area contributed by atoms with Crippen molar-refractivity contribution in [2.24, 2.45) is 0 Å². The average molecular weight is 350 g/mol. The van der Waals surface area contributed by atoms with Crippen molar-refractivity contribution in [1.82, 2.24) is 0 Å². The number of carbonyl (C=O) groups is 3. The highest BCUT2D eigenvalue weighted by molar-refractivity contribution is 8.13. The van der Waals surface area contributed by atoms with Gasteiger partial charge in [0, 0.05) is 11.8 Å². The van der Waals surface area contributed by atoms with E-state index in [-0.39, 0.29) is 32.4 Å². The van der Waals surface area contributed by atoms with Crippen LogP contribution in [0.5, 0.6) is 0 Å². The van der Waals surface area contributed by atoms with E-state index in [9.17, 15) is 14.4 Å². The molecule has 0 aromatic heterocycles. The number of carbonyl (C=O) groups excluding carboxylic acids is 3. The van der Waals surface area contributed by atoms with Crippen LogP contribution < -0.4 is 0 Å². The number of hydrogen-bond donors (Lipinski definition) is 0. The highest BCUT2D eigenvalue weighted by Crippen LogP contribution is 2.10. The van der Waals surface area contributed by atoms with Crippen LogP contribution in [0.4, 0.5) is 9.59 Å². The standard InChI is InChI=1S/C13H18O9S/c1-2-11(14)19-3-4-20-12(15)21-5-6-23-13(16)22-10-7-17-9-18-8-10/h2,10H,1,3-9H2. The number of rotatable bonds is 8. The van der Waals surface area contributed by atoms with Gasteiger partial charge in [0.2, 0.25) is 0 Å². The normalized spacial score (nSPS) is 14.6. The minimum absolute atomic E-state index is 0.0251. The monoisotopic (exact) mass is 350 g/mol. The van der Waals surface area contributed by atoms with Gasteiger partial charge >= 0.3 is 17.4 Å². The molecule has 10 heteroatoms. The zero-order valence-corrected chi connectivity index (χ0v) is 13.2. The molecule has 0 unspecified atom stereocenters. The molecule has 9 nitrogen and oxygen atoms in total. The predicted molar refractivity (Wildman–Crippen MR) is 78.0 cm³/mol. The van der Waals surface area contributed by atoms with Crippen LogP contribution in [0.2, 0.25) is 0 Å². The van der Waals surface area contributed by atoms with E-state index in [0.717, 1.165) is 17.8 Å². The van der Waals surface area contributed by atoms with E-state index in [1.165, 1.54) is 0 Å². The predicted octanol–water partition coefficient (Wildman–Crippen LogP) is 1.11. The van der Waals surface area contributed by atoms with Gasteiger partial charge in [0.1, 0.15) is 32.7 Å². The molecule has 0 N–H and O–H groups in total. The number of esters is 1. The Balaban J connectivity index is 1.96. The molecule has 0 spiro atoms. The molecule has 0 aliphatic carbocycles. The molecule has 0 aromatic carbocycles. The SMILES string of the molecule is C=CC(=O)OCCOC(=O)OCCSC(=O)OC1COCOC1. The van der Waals surface area contributed by atoms with Gasteiger partial charge in [-0.25, -0.2) is 14.4 Å². The fourth-order valence-electron chi connectivity index (χ4n) is 1.32. The largest absolute Gasteiger partial charge is 0.508 e. The summed E-state index contributed by atoms with van der Waals surface area (Å²) < 4.78 is 29.0. The van der Waals surface area contributed by atoms with Gasteiger partial charge in [0.05, 0.1) is 13.2 Å². The van der Waals surface area contributed by atoms with Crippen molar-refractivity contribution in [3.05, 3.63) is 12.7 Å². The second kappa shape index (κ2) is 11.7. The zero-order valence-electron chi connectivity index (χ0n) is 12.4. The smallest absolute Gasteiger partial charge is 0.459 e. The first kappa shape index (κ1) is 19.3. The van der Waals surface area contributed by atoms with Crippen LogP contribution >= 0.6 is 11.8 Å². The molecule has 1 fully saturated rings. The van der Waals surface area contributed by atoms with Crippen LogP contribution in [0.25, 0.3) is 0 Å². The summed E-state index contributed by atoms with van der Waals surface area (Å²) in [5.74, 6) is -0.390. The second-order valence-corrected chi connectivity index (χ2v) is 5.05. The maximum absolute atomic E-state index is 11.5. The van der Waals surface area contributed by atoms with Crippen molar-refractivity contribution in [1.29, 1.82) is 0 Å². The molecule has 23 heavy (non-hydrogen) atoms. The molecular formula is C13H18O9S. The van der Waals surface area contributed by atoms with Crippen LogP contribution in [0, 0.1) is 0 Å². The lowest BCUT2D eigenvalue weighted by Gasteiger charge is -2.21. The van der Waals surface area contributed by atoms with Crippen LogP contribution in [-0.4, -0.2) is 69.1 Å². The quantitative estimate of drug-likeness (QED) is 0.273. The van der Waals surface area contributed by atoms with Gasteiger partial charge in [-0.15, -0.1) is 0 Å². The summed E-state index contributed by atoms with van der Waals surface area (Å²) in [5.41, 5.74) is 0. The van der Waals surface area contributed by atoms with Gasteiger partial charge in [-0.2, -0.15) is 0 Å². The summed E-state index contributed by atoms with van der Waals surface area (Å²) in [7, 11) is 0. The van der Waals surface area contributed by atoms with Crippen molar-refractivity contribution in [3.8, 4) is 0 Å². The minimum Gasteiger partial charge on any atom is -0.459 e. The molecular weight excluding hydrogens is 332 g/mol. The second-order valence-electron chi connectivity index (χ2n) is 4.02. The fraction of sp³-hybridized carbons (Fsp3) is 0.615. The molecule has 1 heterocycles. The van der Waals surface area contributed by atoms with Crippen molar-refractivity contribution in [2.75, 3.05) is 45.6 Å². The maximum atomic E-state index is 11.5. The van der Waals surface area contributed by atoms with E-state index in [1.807, 2.05) is 0 Å². The average Bonchev–Trinajstić information content (AvgIpc) is 2.56. The first-order chi connectivity index (χ1) is 11.1. The van der Waals surface area contributed by atoms with E-state index < -0.39 is 23.5 Å². The third-order valence-corrected chi connectivity index (χ3v) is 2.98. The Bertz CT molecular complexity index is 406. The molecule has 0 radical (unpaired) electrons. The van der Waals surface area contributed by atoms with Gasteiger partial charge in [0.15, 0.2) is 0 Å². The van der Waals surface area contributed by atoms with E-state index in [2.05, 4.69) is 16.1 Å². The molecule has 0 bridgehead atoms. The van der Waals surface area contributed by atoms with Crippen LogP contribution in [0.15, 0.2) is 12.7 Å². The Labute approximate surface area is 137 Å². The van der Waals surface area contributed by atoms with E-state index in [1.54, 1.807) is 0 Å². The topological polar surface area (TPSA) is 107 Å². The van der Waals surface area contributed by atoms with Crippen molar-refractivity contribution in [2.45, 2.75) is 6.10 Å². The highest BCUT2D eigenvalue weighted by atomic mass is 32.2. The van der Waals surface area contributed by atoms with Crippen LogP contribution in [0.3, 0.4) is 0 Å². The third-order valence-electron chi connectivity index (χ3n) is 2.27. The molecule has 0 atom stereocenters. The lowest BCUT2D eigenvalue weighted by molar-refractivity contribution is -0.149. The Kier molecular flexibility index (Phi) is 9.84. The lowest BCUT2D eigenvalue weighted by atomic mass is 10.4. The Morgan fingerprint density at radius 3 is 2.43 bits per heavy atom. The first-order valence-corrected chi connectivity index (χ1v) is 7.68. The van der Waals surface area contributed by atoms with Gasteiger partial charge in [0.25, 0.3) is 0 Å². The van der Waals surface area contributed by atoms with E-state index in [0.29, 0.717) is 13.2 Å². The maximum Gasteiger partial charge on any atom is 0.508 e. The van der Waals surface area contributed by atoms with Crippen LogP contribution in [-0.2, 0) is 33.2 Å². The first-order valence-electron chi connectivity index (χ1n) is 6.69. The summed E-state index contributed by atoms with van der Waals surface area (Å²) in [6.07, 6.45) is -0.337. The summed E-state index contributed by atoms with van der Waals surface area (Å²) >= 11 is 0.862. The molecule has 1 saturated heterocycles. The summed E-state index contributed by atoms with van der Waals surface area (Å²) in [5, 5.41) is -0.502. The van der Waals surface area contributed by atoms with Crippen molar-refractivity contribution in [3.63, 3.8) is 0 Å². The molecule has 0 amide bonds. The van der Waals surface area contributed by atoms with Crippen molar-refractivity contribution >= 4 is 29.2 Å². The van der Waals surface area contributed by atoms with Crippen molar-refractivity contribution < 1.29 is 42.8 Å². The molecule has 0 aromatic rings. The van der Waals surface area contributed by atoms with Gasteiger partial charge in [-0.05, 0) is 11.8 Å². The Morgan fingerprint density at radius 2 is 1.74 bits per heavy atom. The molecule has 1 aliphatic heterocycles. The zero-order chi connectivity index (χ0) is 16.9. The lowest BCUT2D eigenvalue weighted by Crippen LogP contribution is -2.32. The number of ether oxygens (including phenoxy) is 6. The molecule has 0 saturated carbocycles. The summed E-state index contributed by atoms with van der Waals surface area (Å²) in [6.45, 7) is 3.76. The van der Waals surface area contributed by atoms with Gasteiger partial charge < -0.3 is 28.4 Å². The third kappa shape index (κ3) is 9.76. The van der Waals surface area contributed by atoms with Gasteiger partial charge in [-0.3, -0.25) is 0 Å². The van der Waals surface area contributed by atoms with Crippen LogP contribution in [0.1, 0.15) is 0 Å². The van der Waals surface area contributed by atoms with E-state index >= 15 is 0 Å². The summed E-state index contributed by atoms with van der Waals surface area (Å²) in [6, 6.07) is 0. The molecule has 1 aliphatic rings. The van der Waals surface area contributed by atoms with E-state index in [4.69, 9.17) is 18.9 Å².